The molecule has 7 heteroatoms. The lowest BCUT2D eigenvalue weighted by atomic mass is 9.98. The van der Waals surface area contributed by atoms with Crippen molar-refractivity contribution < 1.29 is 24.2 Å². The van der Waals surface area contributed by atoms with Gasteiger partial charge in [0.25, 0.3) is 0 Å². The van der Waals surface area contributed by atoms with E-state index < -0.39 is 24.1 Å². The molecule has 1 heterocycles. The first-order chi connectivity index (χ1) is 16.5. The van der Waals surface area contributed by atoms with E-state index in [1.165, 1.54) is 4.90 Å². The highest BCUT2D eigenvalue weighted by Crippen LogP contribution is 2.44. The molecule has 2 atom stereocenters. The summed E-state index contributed by atoms with van der Waals surface area (Å²) in [6, 6.07) is 14.5. The highest BCUT2D eigenvalue weighted by Gasteiger charge is 2.35. The van der Waals surface area contributed by atoms with Gasteiger partial charge >= 0.3 is 12.1 Å². The number of nitrogens with one attached hydrogen (secondary N) is 1. The molecule has 2 N–H and O–H groups in total. The largest absolute Gasteiger partial charge is 0.480 e. The smallest absolute Gasteiger partial charge is 0.407 e. The molecule has 1 aliphatic carbocycles. The summed E-state index contributed by atoms with van der Waals surface area (Å²) in [6.07, 6.45) is 3.59. The number of carboxylic acid groups (broad SMARTS) is 1. The number of amides is 2. The molecule has 1 saturated heterocycles. The van der Waals surface area contributed by atoms with E-state index in [9.17, 15) is 19.5 Å². The van der Waals surface area contributed by atoms with Gasteiger partial charge < -0.3 is 20.1 Å². The van der Waals surface area contributed by atoms with Crippen LogP contribution in [0.1, 0.15) is 62.5 Å². The summed E-state index contributed by atoms with van der Waals surface area (Å²) in [6.45, 7) is 2.34. The van der Waals surface area contributed by atoms with E-state index in [-0.39, 0.29) is 18.4 Å². The highest BCUT2D eigenvalue weighted by atomic mass is 16.5. The molecule has 7 nitrogen and oxygen atoms in total. The van der Waals surface area contributed by atoms with Gasteiger partial charge in [0.2, 0.25) is 5.91 Å². The fraction of sp³-hybridized carbons (Fsp3) is 0.444. The Hall–Kier alpha value is -3.35. The average Bonchev–Trinajstić information content (AvgIpc) is 3.14. The summed E-state index contributed by atoms with van der Waals surface area (Å²) in [5.41, 5.74) is 4.52. The van der Waals surface area contributed by atoms with Gasteiger partial charge in [-0.05, 0) is 41.5 Å². The van der Waals surface area contributed by atoms with E-state index in [0.29, 0.717) is 19.4 Å². The number of aliphatic carboxylic acids is 1. The Kier molecular flexibility index (Phi) is 7.50. The van der Waals surface area contributed by atoms with Gasteiger partial charge in [-0.1, -0.05) is 74.7 Å². The first-order valence-electron chi connectivity index (χ1n) is 12.2. The van der Waals surface area contributed by atoms with Crippen molar-refractivity contribution in [2.24, 2.45) is 0 Å². The van der Waals surface area contributed by atoms with Crippen molar-refractivity contribution in [3.63, 3.8) is 0 Å². The van der Waals surface area contributed by atoms with Gasteiger partial charge in [0.05, 0.1) is 0 Å². The van der Waals surface area contributed by atoms with Crippen LogP contribution in [-0.2, 0) is 14.3 Å². The maximum Gasteiger partial charge on any atom is 0.407 e. The molecule has 34 heavy (non-hydrogen) atoms. The Morgan fingerprint density at radius 1 is 1.00 bits per heavy atom. The number of rotatable bonds is 6. The zero-order valence-corrected chi connectivity index (χ0v) is 19.5. The number of benzene rings is 2. The molecule has 0 aromatic heterocycles. The molecule has 2 aromatic rings. The van der Waals surface area contributed by atoms with Crippen LogP contribution in [0.5, 0.6) is 0 Å². The van der Waals surface area contributed by atoms with Crippen LogP contribution in [0.15, 0.2) is 48.5 Å². The minimum atomic E-state index is -0.994. The van der Waals surface area contributed by atoms with Gasteiger partial charge in [-0.15, -0.1) is 0 Å². The zero-order valence-electron chi connectivity index (χ0n) is 19.5. The standard InChI is InChI=1S/C27H32N2O5/c1-2-23(25(30)29-16-10-4-3-5-15-24(29)26(31)32)28-27(33)34-17-22-20-13-8-6-11-18(20)19-12-7-9-14-21(19)22/h6-9,11-14,22-24H,2-5,10,15-17H2,1H3,(H,28,33)(H,31,32). The van der Waals surface area contributed by atoms with E-state index in [0.717, 1.165) is 47.9 Å². The molecule has 0 radical (unpaired) electrons. The number of carboxylic acids is 1. The highest BCUT2D eigenvalue weighted by molar-refractivity contribution is 5.89. The summed E-state index contributed by atoms with van der Waals surface area (Å²) in [7, 11) is 0. The van der Waals surface area contributed by atoms with Crippen molar-refractivity contribution in [1.82, 2.24) is 10.2 Å². The molecule has 4 rings (SSSR count). The van der Waals surface area contributed by atoms with Crippen LogP contribution in [0.25, 0.3) is 11.1 Å². The van der Waals surface area contributed by atoms with E-state index in [2.05, 4.69) is 17.4 Å². The monoisotopic (exact) mass is 464 g/mol. The Labute approximate surface area is 200 Å². The van der Waals surface area contributed by atoms with Gasteiger partial charge in [-0.2, -0.15) is 0 Å². The van der Waals surface area contributed by atoms with E-state index >= 15 is 0 Å². The Balaban J connectivity index is 1.42. The predicted octanol–water partition coefficient (Wildman–Crippen LogP) is 4.55. The van der Waals surface area contributed by atoms with Crippen LogP contribution >= 0.6 is 0 Å². The van der Waals surface area contributed by atoms with Crippen molar-refractivity contribution in [1.29, 1.82) is 0 Å². The van der Waals surface area contributed by atoms with Crippen molar-refractivity contribution in [2.45, 2.75) is 63.5 Å². The fourth-order valence-corrected chi connectivity index (χ4v) is 5.13. The minimum Gasteiger partial charge on any atom is -0.480 e. The molecule has 1 aliphatic heterocycles. The molecule has 0 saturated carbocycles. The van der Waals surface area contributed by atoms with Crippen molar-refractivity contribution in [3.8, 4) is 11.1 Å². The number of fused-ring (bicyclic) bond motifs is 3. The molecule has 0 bridgehead atoms. The van der Waals surface area contributed by atoms with Crippen molar-refractivity contribution >= 4 is 18.0 Å². The number of ether oxygens (including phenoxy) is 1. The average molecular weight is 465 g/mol. The number of carbonyl (C=O) groups excluding carboxylic acids is 2. The van der Waals surface area contributed by atoms with Gasteiger partial charge in [0.15, 0.2) is 0 Å². The van der Waals surface area contributed by atoms with Gasteiger partial charge in [-0.25, -0.2) is 9.59 Å². The summed E-state index contributed by atoms with van der Waals surface area (Å²) in [4.78, 5) is 39.2. The molecule has 2 amide bonds. The first-order valence-corrected chi connectivity index (χ1v) is 12.2. The van der Waals surface area contributed by atoms with Crippen LogP contribution in [0.3, 0.4) is 0 Å². The molecule has 2 aliphatic rings. The summed E-state index contributed by atoms with van der Waals surface area (Å²) in [5.74, 6) is -1.42. The molecular weight excluding hydrogens is 432 g/mol. The van der Waals surface area contributed by atoms with Crippen LogP contribution in [0, 0.1) is 0 Å². The van der Waals surface area contributed by atoms with Gasteiger partial charge in [0.1, 0.15) is 18.7 Å². The topological polar surface area (TPSA) is 95.9 Å². The third-order valence-corrected chi connectivity index (χ3v) is 6.91. The number of hydrogen-bond acceptors (Lipinski definition) is 4. The number of carbonyl (C=O) groups is 3. The predicted molar refractivity (Wildman–Crippen MR) is 129 cm³/mol. The SMILES string of the molecule is CCC(NC(=O)OCC1c2ccccc2-c2ccccc21)C(=O)N1CCCCCCC1C(=O)O. The van der Waals surface area contributed by atoms with E-state index in [4.69, 9.17) is 4.74 Å². The zero-order chi connectivity index (χ0) is 24.1. The molecule has 1 fully saturated rings. The third kappa shape index (κ3) is 4.93. The second-order valence-electron chi connectivity index (χ2n) is 9.02. The number of nitrogens with zero attached hydrogens (tertiary/aromatic N) is 1. The number of hydrogen-bond donors (Lipinski definition) is 2. The Morgan fingerprint density at radius 2 is 1.62 bits per heavy atom. The normalized spacial score (nSPS) is 18.7. The Morgan fingerprint density at radius 3 is 2.24 bits per heavy atom. The Bertz CT molecular complexity index is 1010. The van der Waals surface area contributed by atoms with E-state index in [1.807, 2.05) is 36.4 Å². The first kappa shape index (κ1) is 23.8. The summed E-state index contributed by atoms with van der Waals surface area (Å²) < 4.78 is 5.59. The fourth-order valence-electron chi connectivity index (χ4n) is 5.13. The van der Waals surface area contributed by atoms with Crippen LogP contribution in [-0.4, -0.2) is 53.2 Å². The molecular formula is C27H32N2O5. The van der Waals surface area contributed by atoms with Crippen molar-refractivity contribution in [3.05, 3.63) is 59.7 Å². The maximum absolute atomic E-state index is 13.2. The maximum atomic E-state index is 13.2. The van der Waals surface area contributed by atoms with Gasteiger partial charge in [0, 0.05) is 12.5 Å². The summed E-state index contributed by atoms with van der Waals surface area (Å²) >= 11 is 0. The second kappa shape index (κ2) is 10.7. The molecule has 180 valence electrons. The molecule has 0 spiro atoms. The van der Waals surface area contributed by atoms with Crippen LogP contribution in [0.4, 0.5) is 4.79 Å². The van der Waals surface area contributed by atoms with Gasteiger partial charge in [-0.3, -0.25) is 4.79 Å². The quantitative estimate of drug-likeness (QED) is 0.654. The lowest BCUT2D eigenvalue weighted by Gasteiger charge is -2.33. The third-order valence-electron chi connectivity index (χ3n) is 6.91. The van der Waals surface area contributed by atoms with E-state index in [1.54, 1.807) is 6.92 Å². The molecule has 2 aromatic carbocycles. The van der Waals surface area contributed by atoms with Crippen LogP contribution in [0.2, 0.25) is 0 Å². The lowest BCUT2D eigenvalue weighted by molar-refractivity contribution is -0.151. The number of likely N-dealkylation sites (tertiary alicyclic amines) is 1. The van der Waals surface area contributed by atoms with Crippen molar-refractivity contribution in [2.75, 3.05) is 13.2 Å². The number of alkyl carbamates (subject to hydrolysis) is 1. The lowest BCUT2D eigenvalue weighted by Crippen LogP contribution is -2.54. The minimum absolute atomic E-state index is 0.0697. The van der Waals surface area contributed by atoms with Crippen LogP contribution < -0.4 is 5.32 Å². The second-order valence-corrected chi connectivity index (χ2v) is 9.02. The molecule has 2 unspecified atom stereocenters. The summed E-state index contributed by atoms with van der Waals surface area (Å²) in [5, 5.41) is 12.4.